The Morgan fingerprint density at radius 3 is 2.52 bits per heavy atom. The number of anilines is 2. The van der Waals surface area contributed by atoms with Crippen LogP contribution in [0, 0.1) is 0 Å². The van der Waals surface area contributed by atoms with Gasteiger partial charge in [0, 0.05) is 38.1 Å². The largest absolute Gasteiger partial charge is 0.491 e. The molecule has 8 heteroatoms. The Kier molecular flexibility index (Phi) is 8.97. The van der Waals surface area contributed by atoms with Crippen molar-refractivity contribution in [2.45, 2.75) is 26.5 Å². The average Bonchev–Trinajstić information content (AvgIpc) is 2.68. The fraction of sp³-hybridized carbons (Fsp3) is 0.429. The molecule has 0 atom stereocenters. The Morgan fingerprint density at radius 2 is 1.86 bits per heavy atom. The number of halogens is 1. The molecule has 1 aromatic heterocycles. The summed E-state index contributed by atoms with van der Waals surface area (Å²) in [6.45, 7) is 8.63. The van der Waals surface area contributed by atoms with Crippen LogP contribution >= 0.6 is 24.0 Å². The summed E-state index contributed by atoms with van der Waals surface area (Å²) in [6, 6.07) is 11.8. The highest BCUT2D eigenvalue weighted by atomic mass is 127. The molecular formula is C21H31IN6O. The van der Waals surface area contributed by atoms with Crippen molar-refractivity contribution < 1.29 is 4.74 Å². The van der Waals surface area contributed by atoms with Crippen molar-refractivity contribution in [3.63, 3.8) is 0 Å². The molecule has 7 nitrogen and oxygen atoms in total. The van der Waals surface area contributed by atoms with Gasteiger partial charge in [0.25, 0.3) is 0 Å². The van der Waals surface area contributed by atoms with Crippen molar-refractivity contribution in [2.75, 3.05) is 43.4 Å². The van der Waals surface area contributed by atoms with Gasteiger partial charge in [-0.3, -0.25) is 0 Å². The number of ether oxygens (including phenoxy) is 1. The van der Waals surface area contributed by atoms with Crippen molar-refractivity contribution in [1.29, 1.82) is 0 Å². The van der Waals surface area contributed by atoms with Crippen molar-refractivity contribution in [3.05, 3.63) is 48.2 Å². The molecule has 0 saturated carbocycles. The molecule has 29 heavy (non-hydrogen) atoms. The zero-order valence-corrected chi connectivity index (χ0v) is 19.7. The monoisotopic (exact) mass is 510 g/mol. The van der Waals surface area contributed by atoms with E-state index in [4.69, 9.17) is 10.5 Å². The van der Waals surface area contributed by atoms with Gasteiger partial charge in [-0.25, -0.2) is 9.98 Å². The minimum Gasteiger partial charge on any atom is -0.491 e. The second kappa shape index (κ2) is 11.2. The minimum atomic E-state index is 0. The van der Waals surface area contributed by atoms with E-state index in [-0.39, 0.29) is 30.1 Å². The molecule has 3 rings (SSSR count). The van der Waals surface area contributed by atoms with Crippen molar-refractivity contribution in [3.8, 4) is 5.75 Å². The van der Waals surface area contributed by atoms with E-state index in [0.29, 0.717) is 12.5 Å². The van der Waals surface area contributed by atoms with Gasteiger partial charge < -0.3 is 25.6 Å². The highest BCUT2D eigenvalue weighted by molar-refractivity contribution is 14.0. The molecule has 1 saturated heterocycles. The minimum absolute atomic E-state index is 0. The Hall–Kier alpha value is -2.07. The third kappa shape index (κ3) is 7.36. The van der Waals surface area contributed by atoms with E-state index in [0.717, 1.165) is 49.0 Å². The van der Waals surface area contributed by atoms with Gasteiger partial charge in [-0.2, -0.15) is 0 Å². The molecule has 0 unspecified atom stereocenters. The van der Waals surface area contributed by atoms with Gasteiger partial charge in [0.1, 0.15) is 11.6 Å². The second-order valence-corrected chi connectivity index (χ2v) is 7.33. The molecule has 0 radical (unpaired) electrons. The van der Waals surface area contributed by atoms with E-state index in [9.17, 15) is 0 Å². The third-order valence-corrected chi connectivity index (χ3v) is 4.57. The lowest BCUT2D eigenvalue weighted by Gasteiger charge is -2.33. The molecule has 0 spiro atoms. The summed E-state index contributed by atoms with van der Waals surface area (Å²) in [5, 5.41) is 3.12. The summed E-state index contributed by atoms with van der Waals surface area (Å²) in [5.41, 5.74) is 8.02. The first-order chi connectivity index (χ1) is 13.5. The maximum atomic E-state index is 6.04. The molecular weight excluding hydrogens is 479 g/mol. The summed E-state index contributed by atoms with van der Waals surface area (Å²) in [7, 11) is 2.15. The smallest absolute Gasteiger partial charge is 0.193 e. The lowest BCUT2D eigenvalue weighted by Crippen LogP contribution is -2.44. The number of nitrogens with zero attached hydrogens (tertiary/aromatic N) is 4. The van der Waals surface area contributed by atoms with E-state index in [1.807, 2.05) is 50.4 Å². The lowest BCUT2D eigenvalue weighted by molar-refractivity contribution is 0.242. The summed E-state index contributed by atoms with van der Waals surface area (Å²) in [4.78, 5) is 13.6. The number of nitrogens with two attached hydrogens (primary N) is 1. The van der Waals surface area contributed by atoms with E-state index < -0.39 is 0 Å². The number of piperazine rings is 1. The first-order valence-electron chi connectivity index (χ1n) is 9.71. The summed E-state index contributed by atoms with van der Waals surface area (Å²) < 4.78 is 5.64. The molecule has 1 aliphatic rings. The number of pyridine rings is 1. The predicted molar refractivity (Wildman–Crippen MR) is 131 cm³/mol. The first-order valence-corrected chi connectivity index (χ1v) is 9.71. The van der Waals surface area contributed by atoms with Gasteiger partial charge in [-0.1, -0.05) is 0 Å². The molecule has 0 aliphatic carbocycles. The molecule has 1 aliphatic heterocycles. The van der Waals surface area contributed by atoms with Crippen LogP contribution in [0.5, 0.6) is 5.75 Å². The Balaban J connectivity index is 0.00000300. The van der Waals surface area contributed by atoms with Crippen molar-refractivity contribution in [2.24, 2.45) is 10.7 Å². The maximum Gasteiger partial charge on any atom is 0.193 e. The lowest BCUT2D eigenvalue weighted by atomic mass is 10.2. The third-order valence-electron chi connectivity index (χ3n) is 4.57. The summed E-state index contributed by atoms with van der Waals surface area (Å²) in [6.07, 6.45) is 2.00. The molecule has 158 valence electrons. The van der Waals surface area contributed by atoms with Crippen molar-refractivity contribution >= 4 is 41.4 Å². The fourth-order valence-electron chi connectivity index (χ4n) is 3.02. The average molecular weight is 510 g/mol. The number of guanidine groups is 1. The Labute approximate surface area is 190 Å². The number of aliphatic imine (C=N–C) groups is 1. The topological polar surface area (TPSA) is 79.0 Å². The van der Waals surface area contributed by atoms with Gasteiger partial charge >= 0.3 is 0 Å². The van der Waals surface area contributed by atoms with Gasteiger partial charge in [0.2, 0.25) is 0 Å². The van der Waals surface area contributed by atoms with Crippen LogP contribution in [-0.2, 0) is 6.54 Å². The quantitative estimate of drug-likeness (QED) is 0.353. The van der Waals surface area contributed by atoms with Crippen LogP contribution in [0.25, 0.3) is 0 Å². The zero-order chi connectivity index (χ0) is 19.9. The van der Waals surface area contributed by atoms with E-state index in [1.54, 1.807) is 0 Å². The van der Waals surface area contributed by atoms with Crippen LogP contribution in [0.1, 0.15) is 19.4 Å². The molecule has 1 fully saturated rings. The van der Waals surface area contributed by atoms with Crippen LogP contribution in [0.3, 0.4) is 0 Å². The summed E-state index contributed by atoms with van der Waals surface area (Å²) in [5.74, 6) is 2.23. The fourth-order valence-corrected chi connectivity index (χ4v) is 3.02. The number of aromatic nitrogens is 1. The highest BCUT2D eigenvalue weighted by Crippen LogP contribution is 2.17. The highest BCUT2D eigenvalue weighted by Gasteiger charge is 2.15. The molecule has 3 N–H and O–H groups in total. The van der Waals surface area contributed by atoms with Gasteiger partial charge in [-0.05, 0) is 62.9 Å². The number of hydrogen-bond donors (Lipinski definition) is 2. The van der Waals surface area contributed by atoms with Crippen LogP contribution in [0.4, 0.5) is 11.5 Å². The zero-order valence-electron chi connectivity index (χ0n) is 17.3. The van der Waals surface area contributed by atoms with Crippen LogP contribution in [0.15, 0.2) is 47.6 Å². The molecule has 1 aromatic carbocycles. The molecule has 2 heterocycles. The number of hydrogen-bond acceptors (Lipinski definition) is 5. The van der Waals surface area contributed by atoms with Crippen LogP contribution in [-0.4, -0.2) is 55.2 Å². The van der Waals surface area contributed by atoms with Gasteiger partial charge in [0.05, 0.1) is 12.6 Å². The normalized spacial score (nSPS) is 15.2. The number of likely N-dealkylation sites (N-methyl/N-ethyl adjacent to an activating group) is 1. The Bertz CT molecular complexity index is 788. The van der Waals surface area contributed by atoms with Crippen LogP contribution < -0.4 is 20.7 Å². The maximum absolute atomic E-state index is 6.04. The number of nitrogens with one attached hydrogen (secondary N) is 1. The summed E-state index contributed by atoms with van der Waals surface area (Å²) >= 11 is 0. The Morgan fingerprint density at radius 1 is 1.17 bits per heavy atom. The van der Waals surface area contributed by atoms with Gasteiger partial charge in [-0.15, -0.1) is 24.0 Å². The van der Waals surface area contributed by atoms with Crippen molar-refractivity contribution in [1.82, 2.24) is 9.88 Å². The molecule has 0 amide bonds. The van der Waals surface area contributed by atoms with E-state index >= 15 is 0 Å². The van der Waals surface area contributed by atoms with E-state index in [1.165, 1.54) is 0 Å². The van der Waals surface area contributed by atoms with Crippen LogP contribution in [0.2, 0.25) is 0 Å². The number of benzene rings is 1. The number of rotatable bonds is 6. The standard InChI is InChI=1S/C21H30N6O.HI/c1-16(2)28-19-6-4-18(5-7-19)25-21(22)24-15-17-8-9-23-20(14-17)27-12-10-26(3)11-13-27;/h4-9,14,16H,10-13,15H2,1-3H3,(H3,22,24,25);1H. The first kappa shape index (κ1) is 23.2. The molecule has 2 aromatic rings. The second-order valence-electron chi connectivity index (χ2n) is 7.33. The SMILES string of the molecule is CC(C)Oc1ccc(NC(N)=NCc2ccnc(N3CCN(C)CC3)c2)cc1.I. The molecule has 0 bridgehead atoms. The van der Waals surface area contributed by atoms with E-state index in [2.05, 4.69) is 38.2 Å². The van der Waals surface area contributed by atoms with Gasteiger partial charge in [0.15, 0.2) is 5.96 Å². The predicted octanol–water partition coefficient (Wildman–Crippen LogP) is 3.17.